The first kappa shape index (κ1) is 12.9. The molecule has 0 unspecified atom stereocenters. The number of hydrogen-bond donors (Lipinski definition) is 1. The normalized spacial score (nSPS) is 27.8. The van der Waals surface area contributed by atoms with E-state index in [0.717, 1.165) is 18.8 Å². The molecule has 0 bridgehead atoms. The van der Waals surface area contributed by atoms with Crippen LogP contribution in [-0.2, 0) is 6.42 Å². The molecule has 2 atom stereocenters. The minimum absolute atomic E-state index is 0.293. The molecule has 3 heterocycles. The number of nitrogens with one attached hydrogen (secondary N) is 1. The Kier molecular flexibility index (Phi) is 3.75. The lowest BCUT2D eigenvalue weighted by Crippen LogP contribution is -2.39. The number of amidine groups is 1. The van der Waals surface area contributed by atoms with E-state index in [2.05, 4.69) is 41.7 Å². The summed E-state index contributed by atoms with van der Waals surface area (Å²) in [4.78, 5) is 12.1. The van der Waals surface area contributed by atoms with Gasteiger partial charge in [0, 0.05) is 17.8 Å². The smallest absolute Gasteiger partial charge is 0.115 e. The Bertz CT molecular complexity index is 543. The van der Waals surface area contributed by atoms with Crippen LogP contribution in [0.2, 0.25) is 0 Å². The summed E-state index contributed by atoms with van der Waals surface area (Å²) < 4.78 is 0. The van der Waals surface area contributed by atoms with E-state index in [0.29, 0.717) is 11.3 Å². The fourth-order valence-corrected chi connectivity index (χ4v) is 4.35. The van der Waals surface area contributed by atoms with Crippen LogP contribution in [0.25, 0.3) is 0 Å². The van der Waals surface area contributed by atoms with Gasteiger partial charge in [0.15, 0.2) is 0 Å². The number of thioether (sulfide) groups is 1. The highest BCUT2D eigenvalue weighted by molar-refractivity contribution is 8.04. The lowest BCUT2D eigenvalue weighted by Gasteiger charge is -2.23. The maximum absolute atomic E-state index is 4.76. The molecule has 1 N–H and O–H groups in total. The Morgan fingerprint density at radius 3 is 3.11 bits per heavy atom. The van der Waals surface area contributed by atoms with Crippen molar-refractivity contribution in [3.8, 4) is 0 Å². The minimum atomic E-state index is 0.293. The van der Waals surface area contributed by atoms with Crippen LogP contribution < -0.4 is 5.32 Å². The third kappa shape index (κ3) is 2.62. The van der Waals surface area contributed by atoms with E-state index in [1.165, 1.54) is 15.4 Å². The molecule has 5 heteroatoms. The molecular weight excluding hydrogens is 274 g/mol. The van der Waals surface area contributed by atoms with Crippen LogP contribution in [-0.4, -0.2) is 24.1 Å². The molecule has 0 radical (unpaired) electrons. The maximum Gasteiger partial charge on any atom is 0.115 e. The molecule has 0 fully saturated rings. The first-order valence-corrected chi connectivity index (χ1v) is 8.20. The molecule has 2 aliphatic heterocycles. The molecule has 3 rings (SSSR count). The first-order valence-electron chi connectivity index (χ1n) is 6.44. The number of thiophene rings is 1. The van der Waals surface area contributed by atoms with Gasteiger partial charge in [-0.15, -0.1) is 23.1 Å². The van der Waals surface area contributed by atoms with Gasteiger partial charge in [0.05, 0.1) is 12.3 Å². The van der Waals surface area contributed by atoms with Crippen molar-refractivity contribution in [1.82, 2.24) is 5.32 Å². The van der Waals surface area contributed by atoms with E-state index in [1.54, 1.807) is 17.7 Å². The standard InChI is InChI=1S/C14H17N3S2/c1-9-10(2)19-14-12(9)13(16-8-17-14)15-6-5-11-4-3-7-18-11/h3-4,7-8,12,14H,5-6H2,1-2H3,(H,15,16,17)/t12-,14-/m1/s1. The lowest BCUT2D eigenvalue weighted by molar-refractivity contribution is 0.734. The van der Waals surface area contributed by atoms with E-state index in [4.69, 9.17) is 4.99 Å². The number of fused-ring (bicyclic) bond motifs is 1. The summed E-state index contributed by atoms with van der Waals surface area (Å²) in [7, 11) is 0. The Labute approximate surface area is 121 Å². The van der Waals surface area contributed by atoms with Crippen molar-refractivity contribution in [3.05, 3.63) is 32.9 Å². The average molecular weight is 291 g/mol. The minimum Gasteiger partial charge on any atom is -0.335 e. The molecule has 1 aromatic rings. The molecule has 0 aromatic carbocycles. The molecule has 0 spiro atoms. The van der Waals surface area contributed by atoms with Crippen LogP contribution in [0.5, 0.6) is 0 Å². The van der Waals surface area contributed by atoms with Crippen molar-refractivity contribution in [1.29, 1.82) is 0 Å². The van der Waals surface area contributed by atoms with Gasteiger partial charge in [-0.2, -0.15) is 0 Å². The van der Waals surface area contributed by atoms with Gasteiger partial charge < -0.3 is 5.32 Å². The quantitative estimate of drug-likeness (QED) is 0.927. The molecule has 0 amide bonds. The number of aliphatic imine (C=N–C) groups is 2. The van der Waals surface area contributed by atoms with Gasteiger partial charge in [-0.1, -0.05) is 11.6 Å². The fourth-order valence-electron chi connectivity index (χ4n) is 2.38. The Hall–Kier alpha value is -1.07. The summed E-state index contributed by atoms with van der Waals surface area (Å²) in [5.41, 5.74) is 1.41. The highest BCUT2D eigenvalue weighted by atomic mass is 32.2. The molecule has 0 saturated carbocycles. The highest BCUT2D eigenvalue weighted by Crippen LogP contribution is 2.43. The zero-order chi connectivity index (χ0) is 13.2. The predicted octanol–water partition coefficient (Wildman–Crippen LogP) is 3.30. The molecule has 19 heavy (non-hydrogen) atoms. The summed E-state index contributed by atoms with van der Waals surface area (Å²) in [6.45, 7) is 5.22. The van der Waals surface area contributed by atoms with E-state index < -0.39 is 0 Å². The van der Waals surface area contributed by atoms with Gasteiger partial charge in [0.25, 0.3) is 0 Å². The van der Waals surface area contributed by atoms with Crippen LogP contribution in [0.3, 0.4) is 0 Å². The van der Waals surface area contributed by atoms with Crippen LogP contribution in [0.4, 0.5) is 0 Å². The number of rotatable bonds is 3. The van der Waals surface area contributed by atoms with Crippen molar-refractivity contribution in [2.75, 3.05) is 6.54 Å². The van der Waals surface area contributed by atoms with Gasteiger partial charge in [0.2, 0.25) is 0 Å². The summed E-state index contributed by atoms with van der Waals surface area (Å²) in [6.07, 6.45) is 2.82. The summed E-state index contributed by atoms with van der Waals surface area (Å²) in [6, 6.07) is 4.27. The summed E-state index contributed by atoms with van der Waals surface area (Å²) >= 11 is 3.66. The van der Waals surface area contributed by atoms with Gasteiger partial charge in [-0.3, -0.25) is 9.98 Å². The van der Waals surface area contributed by atoms with E-state index in [-0.39, 0.29) is 0 Å². The van der Waals surface area contributed by atoms with E-state index in [1.807, 2.05) is 11.8 Å². The average Bonchev–Trinajstić information content (AvgIpc) is 3.00. The second-order valence-corrected chi connectivity index (χ2v) is 7.11. The molecule has 2 aliphatic rings. The molecule has 3 nitrogen and oxygen atoms in total. The van der Waals surface area contributed by atoms with Crippen LogP contribution in [0.1, 0.15) is 18.7 Å². The van der Waals surface area contributed by atoms with Crippen LogP contribution in [0, 0.1) is 5.92 Å². The van der Waals surface area contributed by atoms with Gasteiger partial charge in [-0.25, -0.2) is 0 Å². The number of allylic oxidation sites excluding steroid dienone is 1. The maximum atomic E-state index is 4.76. The molecular formula is C14H17N3S2. The molecule has 1 aromatic heterocycles. The predicted molar refractivity (Wildman–Crippen MR) is 85.2 cm³/mol. The molecule has 0 saturated heterocycles. The topological polar surface area (TPSA) is 36.8 Å². The number of hydrogen-bond acceptors (Lipinski definition) is 4. The van der Waals surface area contributed by atoms with Crippen LogP contribution in [0.15, 0.2) is 38.0 Å². The largest absolute Gasteiger partial charge is 0.335 e. The molecule has 0 aliphatic carbocycles. The Morgan fingerprint density at radius 2 is 2.32 bits per heavy atom. The highest BCUT2D eigenvalue weighted by Gasteiger charge is 2.36. The zero-order valence-corrected chi connectivity index (χ0v) is 12.7. The van der Waals surface area contributed by atoms with Crippen LogP contribution >= 0.6 is 23.1 Å². The van der Waals surface area contributed by atoms with Crippen molar-refractivity contribution in [3.63, 3.8) is 0 Å². The monoisotopic (exact) mass is 291 g/mol. The van der Waals surface area contributed by atoms with Crippen molar-refractivity contribution in [2.45, 2.75) is 25.6 Å². The zero-order valence-electron chi connectivity index (χ0n) is 11.1. The SMILES string of the molecule is CC1=C(C)[C@@H]2C(=NCCc3cccs3)NC=N[C@@H]2S1. The Morgan fingerprint density at radius 1 is 1.42 bits per heavy atom. The Balaban J connectivity index is 1.71. The molecule has 100 valence electrons. The van der Waals surface area contributed by atoms with E-state index >= 15 is 0 Å². The third-order valence-electron chi connectivity index (χ3n) is 3.55. The fraction of sp³-hybridized carbons (Fsp3) is 0.429. The third-order valence-corrected chi connectivity index (χ3v) is 5.80. The van der Waals surface area contributed by atoms with Crippen molar-refractivity contribution >= 4 is 35.3 Å². The van der Waals surface area contributed by atoms with Crippen molar-refractivity contribution < 1.29 is 0 Å². The second-order valence-electron chi connectivity index (χ2n) is 4.74. The van der Waals surface area contributed by atoms with Gasteiger partial charge in [-0.05, 0) is 30.2 Å². The van der Waals surface area contributed by atoms with Gasteiger partial charge >= 0.3 is 0 Å². The van der Waals surface area contributed by atoms with Gasteiger partial charge in [0.1, 0.15) is 11.2 Å². The second kappa shape index (κ2) is 5.51. The van der Waals surface area contributed by atoms with Crippen molar-refractivity contribution in [2.24, 2.45) is 15.9 Å². The van der Waals surface area contributed by atoms with E-state index in [9.17, 15) is 0 Å². The number of nitrogens with zero attached hydrogens (tertiary/aromatic N) is 2. The summed E-state index contributed by atoms with van der Waals surface area (Å²) in [5.74, 6) is 1.43. The first-order chi connectivity index (χ1) is 9.25. The summed E-state index contributed by atoms with van der Waals surface area (Å²) in [5, 5.41) is 5.65. The lowest BCUT2D eigenvalue weighted by atomic mass is 9.98.